The summed E-state index contributed by atoms with van der Waals surface area (Å²) in [4.78, 5) is 20.8. The molecular weight excluding hydrogens is 432 g/mol. The molecule has 10 heteroatoms. The van der Waals surface area contributed by atoms with E-state index in [1.54, 1.807) is 38.1 Å². The van der Waals surface area contributed by atoms with E-state index in [0.717, 1.165) is 5.39 Å². The molecular formula is C22H20N4O5S. The van der Waals surface area contributed by atoms with Gasteiger partial charge in [-0.3, -0.25) is 4.79 Å². The molecule has 0 aliphatic heterocycles. The lowest BCUT2D eigenvalue weighted by molar-refractivity contribution is 0.0998. The van der Waals surface area contributed by atoms with Crippen LogP contribution in [0.2, 0.25) is 0 Å². The fraction of sp³-hybridized carbons (Fsp3) is 0.136. The summed E-state index contributed by atoms with van der Waals surface area (Å²) in [5.41, 5.74) is 2.18. The van der Waals surface area contributed by atoms with Crippen LogP contribution >= 0.6 is 0 Å². The minimum atomic E-state index is -3.89. The van der Waals surface area contributed by atoms with Crippen molar-refractivity contribution in [3.8, 4) is 5.75 Å². The van der Waals surface area contributed by atoms with Crippen molar-refractivity contribution in [2.45, 2.75) is 18.7 Å². The van der Waals surface area contributed by atoms with Crippen molar-refractivity contribution in [3.63, 3.8) is 0 Å². The lowest BCUT2D eigenvalue weighted by atomic mass is 10.2. The molecule has 0 aliphatic carbocycles. The number of rotatable bonds is 6. The monoisotopic (exact) mass is 452 g/mol. The maximum atomic E-state index is 12.6. The third-order valence-corrected chi connectivity index (χ3v) is 5.93. The Morgan fingerprint density at radius 3 is 2.34 bits per heavy atom. The molecule has 32 heavy (non-hydrogen) atoms. The Bertz CT molecular complexity index is 1390. The van der Waals surface area contributed by atoms with Crippen molar-refractivity contribution in [3.05, 3.63) is 71.7 Å². The van der Waals surface area contributed by atoms with Crippen LogP contribution in [0.1, 0.15) is 21.9 Å². The number of nitrogens with zero attached hydrogens (tertiary/aromatic N) is 2. The van der Waals surface area contributed by atoms with E-state index in [4.69, 9.17) is 9.15 Å². The van der Waals surface area contributed by atoms with Crippen LogP contribution in [0.4, 0.5) is 11.6 Å². The van der Waals surface area contributed by atoms with Crippen LogP contribution in [-0.2, 0) is 10.0 Å². The molecule has 0 fully saturated rings. The molecule has 0 unspecified atom stereocenters. The average Bonchev–Trinajstić information content (AvgIpc) is 3.17. The number of sulfonamides is 1. The Morgan fingerprint density at radius 2 is 1.69 bits per heavy atom. The van der Waals surface area contributed by atoms with Crippen LogP contribution in [0.5, 0.6) is 5.75 Å². The van der Waals surface area contributed by atoms with Crippen LogP contribution in [0.15, 0.2) is 63.9 Å². The van der Waals surface area contributed by atoms with E-state index in [1.807, 2.05) is 6.07 Å². The molecule has 1 amide bonds. The molecule has 0 saturated carbocycles. The fourth-order valence-corrected chi connectivity index (χ4v) is 4.11. The number of ether oxygens (including phenoxy) is 1. The third-order valence-electron chi connectivity index (χ3n) is 4.58. The van der Waals surface area contributed by atoms with Crippen LogP contribution in [0.25, 0.3) is 11.0 Å². The predicted molar refractivity (Wildman–Crippen MR) is 119 cm³/mol. The predicted octanol–water partition coefficient (Wildman–Crippen LogP) is 3.90. The van der Waals surface area contributed by atoms with Gasteiger partial charge in [0.15, 0.2) is 17.1 Å². The zero-order chi connectivity index (χ0) is 22.9. The molecule has 0 aliphatic rings. The van der Waals surface area contributed by atoms with Crippen LogP contribution < -0.4 is 14.8 Å². The van der Waals surface area contributed by atoms with E-state index in [1.165, 1.54) is 31.4 Å². The summed E-state index contributed by atoms with van der Waals surface area (Å²) in [6.07, 6.45) is 0. The number of methoxy groups -OCH3 is 1. The second-order valence-corrected chi connectivity index (χ2v) is 8.73. The number of fused-ring (bicyclic) bond motifs is 1. The summed E-state index contributed by atoms with van der Waals surface area (Å²) in [7, 11) is -2.37. The lowest BCUT2D eigenvalue weighted by Crippen LogP contribution is -2.16. The van der Waals surface area contributed by atoms with Crippen LogP contribution in [0.3, 0.4) is 0 Å². The highest BCUT2D eigenvalue weighted by Crippen LogP contribution is 2.29. The van der Waals surface area contributed by atoms with E-state index >= 15 is 0 Å². The molecule has 2 heterocycles. The molecule has 0 spiro atoms. The van der Waals surface area contributed by atoms with Gasteiger partial charge in [0, 0.05) is 22.5 Å². The van der Waals surface area contributed by atoms with E-state index in [2.05, 4.69) is 20.0 Å². The first-order valence-corrected chi connectivity index (χ1v) is 11.1. The highest BCUT2D eigenvalue weighted by atomic mass is 32.2. The van der Waals surface area contributed by atoms with Gasteiger partial charge in [0.05, 0.1) is 12.0 Å². The van der Waals surface area contributed by atoms with Gasteiger partial charge in [-0.2, -0.15) is 0 Å². The molecule has 0 atom stereocenters. The quantitative estimate of drug-likeness (QED) is 0.455. The molecule has 2 aromatic carbocycles. The number of aryl methyl sites for hydroxylation is 2. The number of amides is 1. The number of para-hydroxylation sites is 1. The zero-order valence-corrected chi connectivity index (χ0v) is 18.4. The first-order chi connectivity index (χ1) is 15.2. The van der Waals surface area contributed by atoms with E-state index in [0.29, 0.717) is 28.4 Å². The van der Waals surface area contributed by atoms with Crippen molar-refractivity contribution < 1.29 is 22.4 Å². The molecule has 0 bridgehead atoms. The second kappa shape index (κ2) is 8.31. The molecule has 4 aromatic rings. The van der Waals surface area contributed by atoms with Crippen molar-refractivity contribution in [2.24, 2.45) is 0 Å². The number of nitrogens with one attached hydrogen (secondary N) is 2. The largest absolute Gasteiger partial charge is 0.493 e. The number of hydrogen-bond acceptors (Lipinski definition) is 7. The van der Waals surface area contributed by atoms with E-state index < -0.39 is 15.9 Å². The van der Waals surface area contributed by atoms with Crippen LogP contribution in [-0.4, -0.2) is 31.4 Å². The number of hydrogen-bond donors (Lipinski definition) is 2. The van der Waals surface area contributed by atoms with Crippen molar-refractivity contribution in [2.75, 3.05) is 17.1 Å². The number of benzene rings is 2. The molecule has 164 valence electrons. The smallest absolute Gasteiger partial charge is 0.291 e. The lowest BCUT2D eigenvalue weighted by Gasteiger charge is -2.09. The minimum absolute atomic E-state index is 0.000179. The van der Waals surface area contributed by atoms with Gasteiger partial charge in [0.25, 0.3) is 15.9 Å². The standard InChI is InChI=1S/C22H20N4O5S/c1-13-11-14(2)24-22(23-13)26-32(28,29)17-9-7-16(8-10-17)25-21(27)19-12-15-5-4-6-18(30-3)20(15)31-19/h4-12H,1-3H3,(H,25,27)(H,23,24,26). The van der Waals surface area contributed by atoms with Gasteiger partial charge in [-0.1, -0.05) is 12.1 Å². The summed E-state index contributed by atoms with van der Waals surface area (Å²) in [6, 6.07) is 14.4. The third kappa shape index (κ3) is 4.40. The Balaban J connectivity index is 1.50. The van der Waals surface area contributed by atoms with Gasteiger partial charge in [-0.05, 0) is 56.3 Å². The van der Waals surface area contributed by atoms with Gasteiger partial charge >= 0.3 is 0 Å². The van der Waals surface area contributed by atoms with Gasteiger partial charge in [0.2, 0.25) is 5.95 Å². The highest BCUT2D eigenvalue weighted by molar-refractivity contribution is 7.92. The first-order valence-electron chi connectivity index (χ1n) is 9.58. The molecule has 2 N–H and O–H groups in total. The highest BCUT2D eigenvalue weighted by Gasteiger charge is 2.18. The number of aromatic nitrogens is 2. The summed E-state index contributed by atoms with van der Waals surface area (Å²) in [5.74, 6) is 0.159. The minimum Gasteiger partial charge on any atom is -0.493 e. The molecule has 0 saturated heterocycles. The van der Waals surface area contributed by atoms with Crippen molar-refractivity contribution in [1.82, 2.24) is 9.97 Å². The Hall–Kier alpha value is -3.92. The Labute approximate surface area is 184 Å². The summed E-state index contributed by atoms with van der Waals surface area (Å²) < 4.78 is 38.5. The van der Waals surface area contributed by atoms with Crippen LogP contribution in [0, 0.1) is 13.8 Å². The summed E-state index contributed by atoms with van der Waals surface area (Å²) in [5, 5.41) is 3.42. The van der Waals surface area contributed by atoms with Gasteiger partial charge < -0.3 is 14.5 Å². The molecule has 9 nitrogen and oxygen atoms in total. The molecule has 4 rings (SSSR count). The maximum absolute atomic E-state index is 12.6. The molecule has 2 aromatic heterocycles. The molecule has 0 radical (unpaired) electrons. The second-order valence-electron chi connectivity index (χ2n) is 7.05. The topological polar surface area (TPSA) is 123 Å². The normalized spacial score (nSPS) is 11.3. The summed E-state index contributed by atoms with van der Waals surface area (Å²) >= 11 is 0. The van der Waals surface area contributed by atoms with Gasteiger partial charge in [0.1, 0.15) is 0 Å². The van der Waals surface area contributed by atoms with Gasteiger partial charge in [-0.15, -0.1) is 0 Å². The SMILES string of the molecule is COc1cccc2cc(C(=O)Nc3ccc(S(=O)(=O)Nc4nc(C)cc(C)n4)cc3)oc12. The van der Waals surface area contributed by atoms with E-state index in [9.17, 15) is 13.2 Å². The first kappa shape index (κ1) is 21.3. The fourth-order valence-electron chi connectivity index (χ4n) is 3.17. The number of carbonyl (C=O) groups excluding carboxylic acids is 1. The average molecular weight is 452 g/mol. The van der Waals surface area contributed by atoms with E-state index in [-0.39, 0.29) is 16.6 Å². The number of carbonyl (C=O) groups is 1. The summed E-state index contributed by atoms with van der Waals surface area (Å²) in [6.45, 7) is 3.50. The Kier molecular flexibility index (Phi) is 5.54. The van der Waals surface area contributed by atoms with Gasteiger partial charge in [-0.25, -0.2) is 23.1 Å². The Morgan fingerprint density at radius 1 is 1.00 bits per heavy atom. The number of furan rings is 1. The van der Waals surface area contributed by atoms with Crippen molar-refractivity contribution in [1.29, 1.82) is 0 Å². The zero-order valence-electron chi connectivity index (χ0n) is 17.5. The van der Waals surface area contributed by atoms with Crippen molar-refractivity contribution >= 4 is 38.5 Å². The number of anilines is 2. The maximum Gasteiger partial charge on any atom is 0.291 e.